The van der Waals surface area contributed by atoms with Gasteiger partial charge in [0.2, 0.25) is 0 Å². The number of hydrogen-bond donors (Lipinski definition) is 0. The molecule has 0 unspecified atom stereocenters. The normalized spacial score (nSPS) is 41.9. The van der Waals surface area contributed by atoms with Gasteiger partial charge in [-0.2, -0.15) is 0 Å². The summed E-state index contributed by atoms with van der Waals surface area (Å²) >= 11 is 0. The Balaban J connectivity index is 2.60. The van der Waals surface area contributed by atoms with E-state index in [1.54, 1.807) is 0 Å². The van der Waals surface area contributed by atoms with Gasteiger partial charge in [-0.25, -0.2) is 0 Å². The minimum atomic E-state index is 0.309. The third-order valence-corrected chi connectivity index (χ3v) is 2.84. The summed E-state index contributed by atoms with van der Waals surface area (Å²) in [5.41, 5.74) is 0. The monoisotopic (exact) mass is 140 g/mol. The van der Waals surface area contributed by atoms with Crippen LogP contribution in [0.25, 0.3) is 0 Å². The van der Waals surface area contributed by atoms with Crippen molar-refractivity contribution in [2.45, 2.75) is 33.6 Å². The van der Waals surface area contributed by atoms with Crippen molar-refractivity contribution in [1.29, 1.82) is 0 Å². The molecule has 0 spiro atoms. The van der Waals surface area contributed by atoms with Crippen LogP contribution in [0.5, 0.6) is 0 Å². The molecule has 0 bridgehead atoms. The van der Waals surface area contributed by atoms with E-state index in [4.69, 9.17) is 0 Å². The number of carbonyl (C=O) groups excluding carboxylic acids is 1. The van der Waals surface area contributed by atoms with Gasteiger partial charge < -0.3 is 0 Å². The maximum atomic E-state index is 11.3. The van der Waals surface area contributed by atoms with Gasteiger partial charge in [-0.1, -0.05) is 20.8 Å². The molecule has 0 aromatic carbocycles. The molecule has 0 aliphatic heterocycles. The van der Waals surface area contributed by atoms with Gasteiger partial charge in [0, 0.05) is 11.8 Å². The van der Waals surface area contributed by atoms with Crippen LogP contribution in [0, 0.1) is 17.8 Å². The first-order chi connectivity index (χ1) is 4.63. The van der Waals surface area contributed by atoms with Crippen molar-refractivity contribution in [1.82, 2.24) is 0 Å². The second-order valence-electron chi connectivity index (χ2n) is 3.65. The van der Waals surface area contributed by atoms with E-state index in [1.807, 2.05) is 6.92 Å². The molecule has 1 heteroatoms. The van der Waals surface area contributed by atoms with Crippen LogP contribution in [-0.2, 0) is 4.79 Å². The predicted octanol–water partition coefficient (Wildman–Crippen LogP) is 2.26. The summed E-state index contributed by atoms with van der Waals surface area (Å²) in [7, 11) is 0. The fraction of sp³-hybridized carbons (Fsp3) is 0.889. The quantitative estimate of drug-likeness (QED) is 0.504. The van der Waals surface area contributed by atoms with Gasteiger partial charge in [0.05, 0.1) is 0 Å². The van der Waals surface area contributed by atoms with Crippen LogP contribution in [0.4, 0.5) is 0 Å². The van der Waals surface area contributed by atoms with E-state index >= 15 is 0 Å². The second-order valence-corrected chi connectivity index (χ2v) is 3.65. The summed E-state index contributed by atoms with van der Waals surface area (Å²) in [6.07, 6.45) is 2.33. The van der Waals surface area contributed by atoms with Crippen LogP contribution < -0.4 is 0 Å². The zero-order chi connectivity index (χ0) is 7.72. The highest BCUT2D eigenvalue weighted by Crippen LogP contribution is 2.29. The number of carbonyl (C=O) groups is 1. The zero-order valence-corrected chi connectivity index (χ0v) is 7.05. The lowest BCUT2D eigenvalue weighted by atomic mass is 9.76. The van der Waals surface area contributed by atoms with E-state index in [1.165, 1.54) is 6.42 Å². The molecule has 10 heavy (non-hydrogen) atoms. The maximum Gasteiger partial charge on any atom is 0.138 e. The molecule has 1 saturated carbocycles. The Bertz CT molecular complexity index is 140. The van der Waals surface area contributed by atoms with Crippen molar-refractivity contribution in [3.63, 3.8) is 0 Å². The molecule has 0 amide bonds. The van der Waals surface area contributed by atoms with E-state index in [-0.39, 0.29) is 0 Å². The molecule has 1 aliphatic rings. The fourth-order valence-electron chi connectivity index (χ4n) is 1.63. The Hall–Kier alpha value is -0.330. The topological polar surface area (TPSA) is 17.1 Å². The minimum absolute atomic E-state index is 0.309. The molecule has 1 nitrogen and oxygen atoms in total. The van der Waals surface area contributed by atoms with Gasteiger partial charge in [0.1, 0.15) is 5.78 Å². The number of Topliss-reactive ketones (excluding diaryl/α,β-unsaturated/α-hetero) is 1. The third-order valence-electron chi connectivity index (χ3n) is 2.84. The third kappa shape index (κ3) is 1.23. The average molecular weight is 140 g/mol. The summed E-state index contributed by atoms with van der Waals surface area (Å²) in [6.45, 7) is 6.28. The van der Waals surface area contributed by atoms with Gasteiger partial charge >= 0.3 is 0 Å². The van der Waals surface area contributed by atoms with E-state index in [0.29, 0.717) is 23.5 Å². The molecule has 3 atom stereocenters. The molecule has 1 fully saturated rings. The largest absolute Gasteiger partial charge is 0.299 e. The smallest absolute Gasteiger partial charge is 0.138 e. The van der Waals surface area contributed by atoms with E-state index < -0.39 is 0 Å². The first-order valence-electron chi connectivity index (χ1n) is 4.16. The summed E-state index contributed by atoms with van der Waals surface area (Å²) < 4.78 is 0. The SMILES string of the molecule is C[C@@H]1CC[C@@H](C)[C@@H](C)C1=O. The Labute approximate surface area is 62.8 Å². The second kappa shape index (κ2) is 2.73. The van der Waals surface area contributed by atoms with Crippen LogP contribution in [0.15, 0.2) is 0 Å². The highest BCUT2D eigenvalue weighted by molar-refractivity contribution is 5.83. The lowest BCUT2D eigenvalue weighted by Gasteiger charge is -2.28. The average Bonchev–Trinajstić information content (AvgIpc) is 1.93. The molecule has 0 aromatic rings. The molecule has 0 N–H and O–H groups in total. The molecular formula is C9H16O. The van der Waals surface area contributed by atoms with Gasteiger partial charge in [-0.05, 0) is 18.8 Å². The van der Waals surface area contributed by atoms with Crippen LogP contribution in [0.3, 0.4) is 0 Å². The molecule has 0 radical (unpaired) electrons. The van der Waals surface area contributed by atoms with E-state index in [9.17, 15) is 4.79 Å². The number of rotatable bonds is 0. The van der Waals surface area contributed by atoms with E-state index in [0.717, 1.165) is 6.42 Å². The standard InChI is InChI=1S/C9H16O/c1-6-4-5-7(2)9(10)8(6)3/h6-8H,4-5H2,1-3H3/t6-,7-,8-/m1/s1. The summed E-state index contributed by atoms with van der Waals surface area (Å²) in [5.74, 6) is 1.72. The number of ketones is 1. The fourth-order valence-corrected chi connectivity index (χ4v) is 1.63. The summed E-state index contributed by atoms with van der Waals surface area (Å²) in [6, 6.07) is 0. The highest BCUT2D eigenvalue weighted by Gasteiger charge is 2.29. The first-order valence-corrected chi connectivity index (χ1v) is 4.16. The Morgan fingerprint density at radius 1 is 1.20 bits per heavy atom. The van der Waals surface area contributed by atoms with Crippen LogP contribution in [0.1, 0.15) is 33.6 Å². The molecule has 0 aromatic heterocycles. The van der Waals surface area contributed by atoms with Crippen molar-refractivity contribution >= 4 is 5.78 Å². The van der Waals surface area contributed by atoms with Crippen molar-refractivity contribution < 1.29 is 4.79 Å². The Kier molecular flexibility index (Phi) is 2.12. The van der Waals surface area contributed by atoms with Crippen LogP contribution >= 0.6 is 0 Å². The van der Waals surface area contributed by atoms with Gasteiger partial charge in [0.15, 0.2) is 0 Å². The van der Waals surface area contributed by atoms with Crippen LogP contribution in [-0.4, -0.2) is 5.78 Å². The predicted molar refractivity (Wildman–Crippen MR) is 41.7 cm³/mol. The van der Waals surface area contributed by atoms with E-state index in [2.05, 4.69) is 13.8 Å². The molecule has 58 valence electrons. The van der Waals surface area contributed by atoms with Gasteiger partial charge in [0.25, 0.3) is 0 Å². The Morgan fingerprint density at radius 2 is 1.80 bits per heavy atom. The van der Waals surface area contributed by atoms with Crippen molar-refractivity contribution in [3.05, 3.63) is 0 Å². The molecular weight excluding hydrogens is 124 g/mol. The Morgan fingerprint density at radius 3 is 2.30 bits per heavy atom. The van der Waals surface area contributed by atoms with Crippen LogP contribution in [0.2, 0.25) is 0 Å². The summed E-state index contributed by atoms with van der Waals surface area (Å²) in [4.78, 5) is 11.3. The summed E-state index contributed by atoms with van der Waals surface area (Å²) in [5, 5.41) is 0. The molecule has 1 aliphatic carbocycles. The maximum absolute atomic E-state index is 11.3. The molecule has 1 rings (SSSR count). The highest BCUT2D eigenvalue weighted by atomic mass is 16.1. The van der Waals surface area contributed by atoms with Crippen molar-refractivity contribution in [3.8, 4) is 0 Å². The number of hydrogen-bond acceptors (Lipinski definition) is 1. The molecule has 0 saturated heterocycles. The molecule has 0 heterocycles. The lowest BCUT2D eigenvalue weighted by molar-refractivity contribution is -0.129. The lowest BCUT2D eigenvalue weighted by Crippen LogP contribution is -2.30. The van der Waals surface area contributed by atoms with Gasteiger partial charge in [-0.3, -0.25) is 4.79 Å². The first kappa shape index (κ1) is 7.77. The minimum Gasteiger partial charge on any atom is -0.299 e. The van der Waals surface area contributed by atoms with Crippen molar-refractivity contribution in [2.24, 2.45) is 17.8 Å². The van der Waals surface area contributed by atoms with Gasteiger partial charge in [-0.15, -0.1) is 0 Å². The van der Waals surface area contributed by atoms with Crippen molar-refractivity contribution in [2.75, 3.05) is 0 Å². The zero-order valence-electron chi connectivity index (χ0n) is 7.05.